The molecule has 1 aromatic carbocycles. The Bertz CT molecular complexity index is 646. The number of hydrogen-bond donors (Lipinski definition) is 2. The molecule has 1 aliphatic heterocycles. The number of hydrogen-bond acceptors (Lipinski definition) is 5. The number of aromatic hydroxyl groups is 1. The normalized spacial score (nSPS) is 19.7. The van der Waals surface area contributed by atoms with E-state index >= 15 is 0 Å². The van der Waals surface area contributed by atoms with Gasteiger partial charge in [0.25, 0.3) is 0 Å². The smallest absolute Gasteiger partial charge is 0.491 e. The molecule has 0 unspecified atom stereocenters. The molecule has 0 aliphatic carbocycles. The van der Waals surface area contributed by atoms with Crippen molar-refractivity contribution >= 4 is 13.2 Å². The Balaban J connectivity index is 2.32. The molecule has 1 fully saturated rings. The van der Waals surface area contributed by atoms with Gasteiger partial charge in [-0.1, -0.05) is 12.1 Å². The Hall–Kier alpha value is -1.81. The number of nitrogens with one attached hydrogen (secondary N) is 1. The zero-order chi connectivity index (χ0) is 17.3. The number of rotatable bonds is 4. The lowest BCUT2D eigenvalue weighted by atomic mass is 9.77. The summed E-state index contributed by atoms with van der Waals surface area (Å²) in [4.78, 5) is 0. The molecule has 6 heteroatoms. The third kappa shape index (κ3) is 3.58. The molecule has 1 aromatic rings. The maximum Gasteiger partial charge on any atom is 0.491 e. The lowest BCUT2D eigenvalue weighted by Gasteiger charge is -2.32. The number of nitrogens with zero attached hydrogens (tertiary/aromatic N) is 1. The van der Waals surface area contributed by atoms with E-state index in [4.69, 9.17) is 14.6 Å². The van der Waals surface area contributed by atoms with Crippen LogP contribution in [-0.4, -0.2) is 37.0 Å². The number of nitriles is 1. The summed E-state index contributed by atoms with van der Waals surface area (Å²) in [5.74, 6) is -0.0287. The minimum atomic E-state index is -0.453. The van der Waals surface area contributed by atoms with Gasteiger partial charge in [-0.25, -0.2) is 0 Å². The van der Waals surface area contributed by atoms with E-state index in [0.717, 1.165) is 11.0 Å². The number of likely N-dealkylation sites (N-methyl/N-ethyl adjacent to an activating group) is 1. The Morgan fingerprint density at radius 2 is 1.91 bits per heavy atom. The first kappa shape index (κ1) is 17.5. The largest absolute Gasteiger partial charge is 0.507 e. The monoisotopic (exact) mass is 314 g/mol. The van der Waals surface area contributed by atoms with Crippen molar-refractivity contribution in [2.75, 3.05) is 13.6 Å². The summed E-state index contributed by atoms with van der Waals surface area (Å²) in [6.07, 6.45) is 1.92. The van der Waals surface area contributed by atoms with Gasteiger partial charge in [0.2, 0.25) is 0 Å². The fraction of sp³-hybridized carbons (Fsp3) is 0.471. The highest BCUT2D eigenvalue weighted by molar-refractivity contribution is 6.55. The summed E-state index contributed by atoms with van der Waals surface area (Å²) < 4.78 is 12.2. The van der Waals surface area contributed by atoms with Gasteiger partial charge in [-0.05, 0) is 57.9 Å². The van der Waals surface area contributed by atoms with Gasteiger partial charge in [0, 0.05) is 6.54 Å². The topological polar surface area (TPSA) is 74.5 Å². The second kappa shape index (κ2) is 6.36. The van der Waals surface area contributed by atoms with E-state index in [0.29, 0.717) is 6.54 Å². The lowest BCUT2D eigenvalue weighted by Crippen LogP contribution is -2.41. The molecule has 0 spiro atoms. The zero-order valence-electron chi connectivity index (χ0n) is 14.3. The molecule has 0 radical (unpaired) electrons. The molecule has 122 valence electrons. The van der Waals surface area contributed by atoms with Gasteiger partial charge in [0.15, 0.2) is 0 Å². The SMILES string of the molecule is CNCC(=Cc1ccc(C#N)c(O)c1)B1OC(C)(C)C(C)(C)O1. The molecule has 1 heterocycles. The third-order valence-electron chi connectivity index (χ3n) is 4.43. The van der Waals surface area contributed by atoms with Crippen molar-refractivity contribution in [1.82, 2.24) is 5.32 Å². The van der Waals surface area contributed by atoms with E-state index in [9.17, 15) is 5.11 Å². The van der Waals surface area contributed by atoms with Crippen LogP contribution >= 0.6 is 0 Å². The van der Waals surface area contributed by atoms with Gasteiger partial charge in [0.05, 0.1) is 16.8 Å². The Kier molecular flexibility index (Phi) is 4.85. The van der Waals surface area contributed by atoms with Crippen LogP contribution in [0.2, 0.25) is 0 Å². The van der Waals surface area contributed by atoms with Crippen molar-refractivity contribution < 1.29 is 14.4 Å². The summed E-state index contributed by atoms with van der Waals surface area (Å²) in [6, 6.07) is 6.90. The number of phenolic OH excluding ortho intramolecular Hbond substituents is 1. The molecule has 2 rings (SSSR count). The van der Waals surface area contributed by atoms with Crippen LogP contribution in [0.4, 0.5) is 0 Å². The minimum Gasteiger partial charge on any atom is -0.507 e. The van der Waals surface area contributed by atoms with Crippen molar-refractivity contribution in [3.8, 4) is 11.8 Å². The van der Waals surface area contributed by atoms with Gasteiger partial charge >= 0.3 is 7.12 Å². The van der Waals surface area contributed by atoms with E-state index in [2.05, 4.69) is 5.32 Å². The molecule has 23 heavy (non-hydrogen) atoms. The summed E-state index contributed by atoms with van der Waals surface area (Å²) in [5.41, 5.74) is 1.17. The average molecular weight is 314 g/mol. The van der Waals surface area contributed by atoms with Crippen LogP contribution in [0.15, 0.2) is 23.7 Å². The van der Waals surface area contributed by atoms with Crippen LogP contribution in [0.5, 0.6) is 5.75 Å². The van der Waals surface area contributed by atoms with Gasteiger partial charge in [-0.2, -0.15) is 5.26 Å². The summed E-state index contributed by atoms with van der Waals surface area (Å²) in [5, 5.41) is 21.8. The van der Waals surface area contributed by atoms with Crippen molar-refractivity contribution in [1.29, 1.82) is 5.26 Å². The maximum atomic E-state index is 9.84. The van der Waals surface area contributed by atoms with Crippen LogP contribution in [0, 0.1) is 11.3 Å². The third-order valence-corrected chi connectivity index (χ3v) is 4.43. The summed E-state index contributed by atoms with van der Waals surface area (Å²) >= 11 is 0. The van der Waals surface area contributed by atoms with E-state index in [1.807, 2.05) is 46.9 Å². The molecule has 0 aromatic heterocycles. The van der Waals surface area contributed by atoms with Gasteiger partial charge in [0.1, 0.15) is 11.8 Å². The standard InChI is InChI=1S/C17H23BN2O3/c1-16(2)17(3,4)23-18(22-16)14(11-20-5)8-12-6-7-13(10-19)15(21)9-12/h6-9,20-21H,11H2,1-5H3. The number of benzene rings is 1. The Labute approximate surface area is 138 Å². The van der Waals surface area contributed by atoms with Crippen molar-refractivity contribution in [2.24, 2.45) is 0 Å². The predicted molar refractivity (Wildman–Crippen MR) is 90.8 cm³/mol. The Morgan fingerprint density at radius 3 is 2.39 bits per heavy atom. The van der Waals surface area contributed by atoms with Crippen molar-refractivity contribution in [2.45, 2.75) is 38.9 Å². The molecule has 1 saturated heterocycles. The molecule has 2 N–H and O–H groups in total. The lowest BCUT2D eigenvalue weighted by molar-refractivity contribution is 0.00578. The fourth-order valence-electron chi connectivity index (χ4n) is 2.35. The highest BCUT2D eigenvalue weighted by Crippen LogP contribution is 2.38. The van der Waals surface area contributed by atoms with Crippen molar-refractivity contribution in [3.05, 3.63) is 34.8 Å². The van der Waals surface area contributed by atoms with E-state index in [1.54, 1.807) is 18.2 Å². The molecular weight excluding hydrogens is 291 g/mol. The van der Waals surface area contributed by atoms with Crippen LogP contribution in [0.1, 0.15) is 38.8 Å². The highest BCUT2D eigenvalue weighted by atomic mass is 16.7. The molecule has 1 aliphatic rings. The zero-order valence-corrected chi connectivity index (χ0v) is 14.3. The van der Waals surface area contributed by atoms with Gasteiger partial charge < -0.3 is 19.7 Å². The summed E-state index contributed by atoms with van der Waals surface area (Å²) in [7, 11) is 1.40. The van der Waals surface area contributed by atoms with Crippen LogP contribution < -0.4 is 5.32 Å². The second-order valence-electron chi connectivity index (χ2n) is 6.73. The first-order valence-electron chi connectivity index (χ1n) is 7.64. The highest BCUT2D eigenvalue weighted by Gasteiger charge is 2.52. The van der Waals surface area contributed by atoms with Gasteiger partial charge in [-0.15, -0.1) is 0 Å². The molecule has 0 saturated carbocycles. The van der Waals surface area contributed by atoms with E-state index in [1.165, 1.54) is 0 Å². The quantitative estimate of drug-likeness (QED) is 0.835. The van der Waals surface area contributed by atoms with Crippen LogP contribution in [-0.2, 0) is 9.31 Å². The molecule has 0 bridgehead atoms. The van der Waals surface area contributed by atoms with Crippen LogP contribution in [0.25, 0.3) is 6.08 Å². The molecule has 5 nitrogen and oxygen atoms in total. The van der Waals surface area contributed by atoms with Gasteiger partial charge in [-0.3, -0.25) is 0 Å². The maximum absolute atomic E-state index is 9.84. The predicted octanol–water partition coefficient (Wildman–Crippen LogP) is 2.50. The van der Waals surface area contributed by atoms with E-state index in [-0.39, 0.29) is 11.3 Å². The average Bonchev–Trinajstić information content (AvgIpc) is 2.67. The first-order chi connectivity index (χ1) is 10.7. The Morgan fingerprint density at radius 1 is 1.30 bits per heavy atom. The molecular formula is C17H23BN2O3. The van der Waals surface area contributed by atoms with E-state index < -0.39 is 18.3 Å². The second-order valence-corrected chi connectivity index (χ2v) is 6.73. The first-order valence-corrected chi connectivity index (χ1v) is 7.64. The fourth-order valence-corrected chi connectivity index (χ4v) is 2.35. The number of phenols is 1. The van der Waals surface area contributed by atoms with Crippen LogP contribution in [0.3, 0.4) is 0 Å². The molecule has 0 amide bonds. The summed E-state index contributed by atoms with van der Waals surface area (Å²) in [6.45, 7) is 8.64. The minimum absolute atomic E-state index is 0.0287. The molecule has 0 atom stereocenters. The van der Waals surface area contributed by atoms with Crippen molar-refractivity contribution in [3.63, 3.8) is 0 Å².